The summed E-state index contributed by atoms with van der Waals surface area (Å²) in [5, 5.41) is 3.70. The molecular formula is C12H24N2. The second kappa shape index (κ2) is 3.49. The van der Waals surface area contributed by atoms with Crippen LogP contribution in [-0.4, -0.2) is 36.1 Å². The maximum atomic E-state index is 3.70. The molecule has 0 aromatic carbocycles. The Morgan fingerprint density at radius 2 is 1.86 bits per heavy atom. The highest BCUT2D eigenvalue weighted by molar-refractivity contribution is 5.10. The second-order valence-corrected chi connectivity index (χ2v) is 5.77. The second-order valence-electron chi connectivity index (χ2n) is 5.77. The van der Waals surface area contributed by atoms with Crippen LogP contribution in [0.5, 0.6) is 0 Å². The van der Waals surface area contributed by atoms with Gasteiger partial charge >= 0.3 is 0 Å². The molecule has 14 heavy (non-hydrogen) atoms. The molecule has 0 aromatic heterocycles. The van der Waals surface area contributed by atoms with Crippen LogP contribution in [-0.2, 0) is 0 Å². The molecular weight excluding hydrogens is 172 g/mol. The van der Waals surface area contributed by atoms with Gasteiger partial charge in [0.2, 0.25) is 0 Å². The number of rotatable bonds is 3. The average Bonchev–Trinajstić information content (AvgIpc) is 1.95. The molecule has 1 aliphatic carbocycles. The first-order valence-corrected chi connectivity index (χ1v) is 6.03. The van der Waals surface area contributed by atoms with Crippen molar-refractivity contribution in [3.8, 4) is 0 Å². The lowest BCUT2D eigenvalue weighted by atomic mass is 9.59. The van der Waals surface area contributed by atoms with Gasteiger partial charge in [-0.05, 0) is 26.7 Å². The Balaban J connectivity index is 1.83. The Kier molecular flexibility index (Phi) is 2.61. The Morgan fingerprint density at radius 1 is 1.21 bits per heavy atom. The molecule has 0 radical (unpaired) electrons. The molecule has 2 rings (SSSR count). The third kappa shape index (κ3) is 1.59. The van der Waals surface area contributed by atoms with Crippen LogP contribution < -0.4 is 5.32 Å². The molecule has 0 aromatic rings. The van der Waals surface area contributed by atoms with Crippen LogP contribution in [0.3, 0.4) is 0 Å². The highest BCUT2D eigenvalue weighted by Gasteiger charge is 2.54. The molecule has 0 amide bonds. The van der Waals surface area contributed by atoms with E-state index in [1.54, 1.807) is 0 Å². The fourth-order valence-corrected chi connectivity index (χ4v) is 2.87. The van der Waals surface area contributed by atoms with E-state index in [1.165, 1.54) is 25.9 Å². The van der Waals surface area contributed by atoms with E-state index in [9.17, 15) is 0 Å². The first-order valence-electron chi connectivity index (χ1n) is 6.03. The van der Waals surface area contributed by atoms with Gasteiger partial charge in [-0.2, -0.15) is 0 Å². The first-order chi connectivity index (χ1) is 6.53. The fourth-order valence-electron chi connectivity index (χ4n) is 2.87. The van der Waals surface area contributed by atoms with Gasteiger partial charge in [-0.25, -0.2) is 0 Å². The smallest absolute Gasteiger partial charge is 0.0151 e. The largest absolute Gasteiger partial charge is 0.311 e. The van der Waals surface area contributed by atoms with Crippen LogP contribution in [0, 0.1) is 5.41 Å². The highest BCUT2D eigenvalue weighted by Crippen LogP contribution is 2.49. The maximum absolute atomic E-state index is 3.70. The first kappa shape index (κ1) is 10.4. The van der Waals surface area contributed by atoms with Crippen molar-refractivity contribution in [2.45, 2.75) is 58.7 Å². The molecule has 2 aliphatic rings. The summed E-state index contributed by atoms with van der Waals surface area (Å²) in [5.41, 5.74) is 0.661. The Morgan fingerprint density at radius 3 is 2.21 bits per heavy atom. The third-order valence-electron chi connectivity index (χ3n) is 3.97. The topological polar surface area (TPSA) is 15.3 Å². The fraction of sp³-hybridized carbons (Fsp3) is 1.00. The van der Waals surface area contributed by atoms with Crippen LogP contribution >= 0.6 is 0 Å². The van der Waals surface area contributed by atoms with Gasteiger partial charge in [-0.15, -0.1) is 0 Å². The lowest BCUT2D eigenvalue weighted by Gasteiger charge is -2.62. The molecule has 1 saturated heterocycles. The predicted molar refractivity (Wildman–Crippen MR) is 60.4 cm³/mol. The van der Waals surface area contributed by atoms with Gasteiger partial charge in [-0.3, -0.25) is 4.90 Å². The van der Waals surface area contributed by atoms with E-state index in [0.717, 1.165) is 12.1 Å². The quantitative estimate of drug-likeness (QED) is 0.741. The zero-order valence-corrected chi connectivity index (χ0v) is 10.0. The van der Waals surface area contributed by atoms with Gasteiger partial charge in [0, 0.05) is 36.6 Å². The van der Waals surface area contributed by atoms with Crippen LogP contribution in [0.2, 0.25) is 0 Å². The maximum Gasteiger partial charge on any atom is 0.0151 e. The van der Waals surface area contributed by atoms with Crippen molar-refractivity contribution in [3.63, 3.8) is 0 Å². The van der Waals surface area contributed by atoms with E-state index in [-0.39, 0.29) is 0 Å². The van der Waals surface area contributed by atoms with Crippen LogP contribution in [0.15, 0.2) is 0 Å². The molecule has 2 nitrogen and oxygen atoms in total. The highest BCUT2D eigenvalue weighted by atomic mass is 15.3. The van der Waals surface area contributed by atoms with E-state index in [4.69, 9.17) is 0 Å². The van der Waals surface area contributed by atoms with E-state index >= 15 is 0 Å². The summed E-state index contributed by atoms with van der Waals surface area (Å²) < 4.78 is 0. The van der Waals surface area contributed by atoms with Crippen molar-refractivity contribution < 1.29 is 0 Å². The predicted octanol–water partition coefficient (Wildman–Crippen LogP) is 1.86. The van der Waals surface area contributed by atoms with Gasteiger partial charge in [0.05, 0.1) is 0 Å². The summed E-state index contributed by atoms with van der Waals surface area (Å²) in [4.78, 5) is 2.59. The molecule has 1 spiro atoms. The summed E-state index contributed by atoms with van der Waals surface area (Å²) >= 11 is 0. The molecule has 1 N–H and O–H groups in total. The minimum Gasteiger partial charge on any atom is -0.311 e. The van der Waals surface area contributed by atoms with Crippen LogP contribution in [0.4, 0.5) is 0 Å². The molecule has 1 unspecified atom stereocenters. The number of likely N-dealkylation sites (tertiary alicyclic amines) is 1. The average molecular weight is 196 g/mol. The van der Waals surface area contributed by atoms with Crippen LogP contribution in [0.1, 0.15) is 40.5 Å². The number of nitrogens with one attached hydrogen (secondary N) is 1. The van der Waals surface area contributed by atoms with Crippen molar-refractivity contribution in [2.75, 3.05) is 13.1 Å². The molecule has 1 saturated carbocycles. The summed E-state index contributed by atoms with van der Waals surface area (Å²) in [5.74, 6) is 0. The number of nitrogens with zero attached hydrogens (tertiary/aromatic N) is 1. The normalized spacial score (nSPS) is 30.9. The van der Waals surface area contributed by atoms with Gasteiger partial charge in [0.15, 0.2) is 0 Å². The van der Waals surface area contributed by atoms with Crippen molar-refractivity contribution in [1.82, 2.24) is 10.2 Å². The van der Waals surface area contributed by atoms with Crippen molar-refractivity contribution >= 4 is 0 Å². The van der Waals surface area contributed by atoms with Gasteiger partial charge < -0.3 is 5.32 Å². The molecule has 0 bridgehead atoms. The molecule has 1 aliphatic heterocycles. The monoisotopic (exact) mass is 196 g/mol. The standard InChI is InChI=1S/C12H24N2/c1-9(2)13-11-5-6-12(11)7-14(8-12)10(3)4/h9-11,13H,5-8H2,1-4H3. The van der Waals surface area contributed by atoms with Crippen LogP contribution in [0.25, 0.3) is 0 Å². The molecule has 1 atom stereocenters. The van der Waals surface area contributed by atoms with Gasteiger partial charge in [-0.1, -0.05) is 13.8 Å². The van der Waals surface area contributed by atoms with E-state index in [0.29, 0.717) is 11.5 Å². The van der Waals surface area contributed by atoms with E-state index in [1.807, 2.05) is 0 Å². The lowest BCUT2D eigenvalue weighted by Crippen LogP contribution is -2.71. The Bertz CT molecular complexity index is 204. The minimum absolute atomic E-state index is 0.644. The summed E-state index contributed by atoms with van der Waals surface area (Å²) in [6.45, 7) is 11.8. The number of hydrogen-bond donors (Lipinski definition) is 1. The zero-order chi connectivity index (χ0) is 10.3. The summed E-state index contributed by atoms with van der Waals surface area (Å²) in [7, 11) is 0. The molecule has 82 valence electrons. The van der Waals surface area contributed by atoms with Crippen molar-refractivity contribution in [1.29, 1.82) is 0 Å². The molecule has 2 heteroatoms. The summed E-state index contributed by atoms with van der Waals surface area (Å²) in [6.07, 6.45) is 2.84. The minimum atomic E-state index is 0.644. The molecule has 1 heterocycles. The number of hydrogen-bond acceptors (Lipinski definition) is 2. The van der Waals surface area contributed by atoms with Gasteiger partial charge in [0.1, 0.15) is 0 Å². The summed E-state index contributed by atoms with van der Waals surface area (Å²) in [6, 6.07) is 2.18. The van der Waals surface area contributed by atoms with E-state index < -0.39 is 0 Å². The third-order valence-corrected chi connectivity index (χ3v) is 3.97. The zero-order valence-electron chi connectivity index (χ0n) is 10.0. The van der Waals surface area contributed by atoms with Gasteiger partial charge in [0.25, 0.3) is 0 Å². The van der Waals surface area contributed by atoms with Crippen molar-refractivity contribution in [3.05, 3.63) is 0 Å². The Labute approximate surface area is 88.1 Å². The SMILES string of the molecule is CC(C)NC1CCC12CN(C(C)C)C2. The van der Waals surface area contributed by atoms with Crippen molar-refractivity contribution in [2.24, 2.45) is 5.41 Å². The molecule has 2 fully saturated rings. The van der Waals surface area contributed by atoms with E-state index in [2.05, 4.69) is 37.9 Å². The Hall–Kier alpha value is -0.0800. The lowest BCUT2D eigenvalue weighted by molar-refractivity contribution is -0.105.